The van der Waals surface area contributed by atoms with Crippen molar-refractivity contribution in [1.29, 1.82) is 0 Å². The van der Waals surface area contributed by atoms with Crippen LogP contribution in [0.1, 0.15) is 26.7 Å². The minimum absolute atomic E-state index is 0.243. The van der Waals surface area contributed by atoms with E-state index in [-0.39, 0.29) is 5.92 Å². The summed E-state index contributed by atoms with van der Waals surface area (Å²) in [5.74, 6) is -0.953. The Hall–Kier alpha value is -0.570. The van der Waals surface area contributed by atoms with Crippen LogP contribution >= 0.6 is 0 Å². The number of carboxylic acid groups (broad SMARTS) is 1. The van der Waals surface area contributed by atoms with Crippen LogP contribution in [0.4, 0.5) is 0 Å². The molecule has 0 spiro atoms. The predicted octanol–water partition coefficient (Wildman–Crippen LogP) is 1.10. The van der Waals surface area contributed by atoms with Gasteiger partial charge < -0.3 is 10.4 Å². The first kappa shape index (κ1) is 10.4. The number of carboxylic acids is 1. The lowest BCUT2D eigenvalue weighted by Gasteiger charge is -2.15. The molecule has 0 aliphatic carbocycles. The molecule has 0 saturated heterocycles. The van der Waals surface area contributed by atoms with Crippen molar-refractivity contribution in [3.8, 4) is 0 Å². The van der Waals surface area contributed by atoms with Gasteiger partial charge in [0.25, 0.3) is 0 Å². The number of hydrogen-bond donors (Lipinski definition) is 2. The summed E-state index contributed by atoms with van der Waals surface area (Å²) in [6.07, 6.45) is 1.69. The molecule has 3 nitrogen and oxygen atoms in total. The van der Waals surface area contributed by atoms with Gasteiger partial charge in [0.05, 0.1) is 5.92 Å². The van der Waals surface area contributed by atoms with Crippen LogP contribution in [0.5, 0.6) is 0 Å². The maximum atomic E-state index is 10.4. The van der Waals surface area contributed by atoms with E-state index < -0.39 is 5.97 Å². The molecule has 0 aromatic carbocycles. The first-order valence-corrected chi connectivity index (χ1v) is 4.01. The molecule has 0 bridgehead atoms. The lowest BCUT2D eigenvalue weighted by molar-refractivity contribution is -0.141. The average Bonchev–Trinajstić information content (AvgIpc) is 1.99. The van der Waals surface area contributed by atoms with Gasteiger partial charge in [-0.1, -0.05) is 13.8 Å². The number of carbonyl (C=O) groups is 1. The van der Waals surface area contributed by atoms with Crippen molar-refractivity contribution in [3.63, 3.8) is 0 Å². The predicted molar refractivity (Wildman–Crippen MR) is 44.6 cm³/mol. The molecule has 0 saturated carbocycles. The van der Waals surface area contributed by atoms with E-state index in [9.17, 15) is 4.79 Å². The van der Waals surface area contributed by atoms with Crippen LogP contribution in [-0.4, -0.2) is 24.2 Å². The molecule has 0 rings (SSSR count). The van der Waals surface area contributed by atoms with Crippen LogP contribution in [0.2, 0.25) is 0 Å². The van der Waals surface area contributed by atoms with Gasteiger partial charge in [-0.3, -0.25) is 4.79 Å². The molecule has 2 N–H and O–H groups in total. The van der Waals surface area contributed by atoms with Crippen LogP contribution in [0.3, 0.4) is 0 Å². The quantitative estimate of drug-likeness (QED) is 0.631. The average molecular weight is 159 g/mol. The Labute approximate surface area is 67.8 Å². The van der Waals surface area contributed by atoms with Crippen molar-refractivity contribution < 1.29 is 9.90 Å². The maximum absolute atomic E-state index is 10.4. The third-order valence-corrected chi connectivity index (χ3v) is 1.96. The molecule has 0 aromatic heterocycles. The lowest BCUT2D eigenvalue weighted by Crippen LogP contribution is -2.28. The molecule has 66 valence electrons. The smallest absolute Gasteiger partial charge is 0.306 e. The van der Waals surface area contributed by atoms with Crippen molar-refractivity contribution in [2.45, 2.75) is 32.7 Å². The highest BCUT2D eigenvalue weighted by atomic mass is 16.4. The van der Waals surface area contributed by atoms with Gasteiger partial charge in [-0.2, -0.15) is 0 Å². The summed E-state index contributed by atoms with van der Waals surface area (Å²) < 4.78 is 0. The third-order valence-electron chi connectivity index (χ3n) is 1.96. The molecule has 0 heterocycles. The Morgan fingerprint density at radius 2 is 2.18 bits per heavy atom. The number of aliphatic carboxylic acids is 1. The highest BCUT2D eigenvalue weighted by Gasteiger charge is 2.15. The first-order chi connectivity index (χ1) is 5.11. The van der Waals surface area contributed by atoms with Gasteiger partial charge in [0.15, 0.2) is 0 Å². The monoisotopic (exact) mass is 159 g/mol. The molecule has 0 aliphatic heterocycles. The van der Waals surface area contributed by atoms with E-state index in [0.717, 1.165) is 6.42 Å². The molecular weight excluding hydrogens is 142 g/mol. The van der Waals surface area contributed by atoms with Crippen LogP contribution in [-0.2, 0) is 4.79 Å². The van der Waals surface area contributed by atoms with Gasteiger partial charge >= 0.3 is 5.97 Å². The summed E-state index contributed by atoms with van der Waals surface area (Å²) in [4.78, 5) is 10.4. The number of rotatable bonds is 5. The fraction of sp³-hybridized carbons (Fsp3) is 0.875. The molecule has 0 fully saturated rings. The van der Waals surface area contributed by atoms with E-state index in [4.69, 9.17) is 5.11 Å². The topological polar surface area (TPSA) is 49.3 Å². The van der Waals surface area contributed by atoms with E-state index in [1.807, 2.05) is 7.05 Å². The zero-order valence-corrected chi connectivity index (χ0v) is 7.42. The molecule has 0 aromatic rings. The maximum Gasteiger partial charge on any atom is 0.306 e. The largest absolute Gasteiger partial charge is 0.481 e. The summed E-state index contributed by atoms with van der Waals surface area (Å²) >= 11 is 0. The normalized spacial score (nSPS) is 15.9. The van der Waals surface area contributed by atoms with E-state index in [1.165, 1.54) is 0 Å². The Morgan fingerprint density at radius 3 is 2.45 bits per heavy atom. The van der Waals surface area contributed by atoms with E-state index in [1.54, 1.807) is 6.92 Å². The van der Waals surface area contributed by atoms with Crippen molar-refractivity contribution in [1.82, 2.24) is 5.32 Å². The van der Waals surface area contributed by atoms with E-state index >= 15 is 0 Å². The molecule has 3 heteroatoms. The highest BCUT2D eigenvalue weighted by Crippen LogP contribution is 2.07. The van der Waals surface area contributed by atoms with Gasteiger partial charge in [-0.15, -0.1) is 0 Å². The zero-order chi connectivity index (χ0) is 8.85. The van der Waals surface area contributed by atoms with E-state index in [2.05, 4.69) is 12.2 Å². The molecular formula is C8H17NO2. The molecule has 0 aliphatic rings. The Morgan fingerprint density at radius 1 is 1.64 bits per heavy atom. The van der Waals surface area contributed by atoms with Crippen LogP contribution < -0.4 is 5.32 Å². The summed E-state index contributed by atoms with van der Waals surface area (Å²) in [5.41, 5.74) is 0. The second kappa shape index (κ2) is 5.13. The minimum Gasteiger partial charge on any atom is -0.481 e. The van der Waals surface area contributed by atoms with Crippen LogP contribution in [0.25, 0.3) is 0 Å². The number of hydrogen-bond acceptors (Lipinski definition) is 2. The SMILES string of the molecule is CCC(CC(C)C(=O)O)NC. The Bertz CT molecular complexity index is 121. The molecule has 0 amide bonds. The Balaban J connectivity index is 3.71. The minimum atomic E-state index is -0.710. The highest BCUT2D eigenvalue weighted by molar-refractivity contribution is 5.69. The van der Waals surface area contributed by atoms with Crippen molar-refractivity contribution in [2.24, 2.45) is 5.92 Å². The van der Waals surface area contributed by atoms with Crippen molar-refractivity contribution in [3.05, 3.63) is 0 Å². The van der Waals surface area contributed by atoms with E-state index in [0.29, 0.717) is 12.5 Å². The summed E-state index contributed by atoms with van der Waals surface area (Å²) in [6.45, 7) is 3.79. The standard InChI is InChI=1S/C8H17NO2/c1-4-7(9-3)5-6(2)8(10)11/h6-7,9H,4-5H2,1-3H3,(H,10,11). The van der Waals surface area contributed by atoms with Crippen molar-refractivity contribution >= 4 is 5.97 Å². The van der Waals surface area contributed by atoms with Gasteiger partial charge in [0.1, 0.15) is 0 Å². The summed E-state index contributed by atoms with van der Waals surface area (Å²) in [7, 11) is 1.86. The molecule has 11 heavy (non-hydrogen) atoms. The number of nitrogens with one attached hydrogen (secondary N) is 1. The fourth-order valence-electron chi connectivity index (χ4n) is 1.02. The molecule has 2 atom stereocenters. The zero-order valence-electron chi connectivity index (χ0n) is 7.42. The first-order valence-electron chi connectivity index (χ1n) is 4.01. The van der Waals surface area contributed by atoms with Gasteiger partial charge in [0.2, 0.25) is 0 Å². The lowest BCUT2D eigenvalue weighted by atomic mass is 10.0. The fourth-order valence-corrected chi connectivity index (χ4v) is 1.02. The molecule has 2 unspecified atom stereocenters. The van der Waals surface area contributed by atoms with Crippen LogP contribution in [0.15, 0.2) is 0 Å². The molecule has 0 radical (unpaired) electrons. The van der Waals surface area contributed by atoms with Gasteiger partial charge in [-0.05, 0) is 19.9 Å². The summed E-state index contributed by atoms with van der Waals surface area (Å²) in [6, 6.07) is 0.334. The second-order valence-electron chi connectivity index (χ2n) is 2.87. The van der Waals surface area contributed by atoms with Gasteiger partial charge in [0, 0.05) is 6.04 Å². The third kappa shape index (κ3) is 3.98. The Kier molecular flexibility index (Phi) is 4.86. The van der Waals surface area contributed by atoms with Gasteiger partial charge in [-0.25, -0.2) is 0 Å². The summed E-state index contributed by atoms with van der Waals surface area (Å²) in [5, 5.41) is 11.7. The van der Waals surface area contributed by atoms with Crippen molar-refractivity contribution in [2.75, 3.05) is 7.05 Å². The van der Waals surface area contributed by atoms with Crippen LogP contribution in [0, 0.1) is 5.92 Å². The second-order valence-corrected chi connectivity index (χ2v) is 2.87.